The Balaban J connectivity index is 1.61. The smallest absolute Gasteiger partial charge is 0.262 e. The molecule has 0 amide bonds. The van der Waals surface area contributed by atoms with Crippen molar-refractivity contribution in [3.63, 3.8) is 0 Å². The molecule has 0 bridgehead atoms. The normalized spacial score (nSPS) is 16.6. The van der Waals surface area contributed by atoms with Crippen LogP contribution >= 0.6 is 11.3 Å². The number of aromatic nitrogens is 4. The number of fused-ring (bicyclic) bond motifs is 4. The van der Waals surface area contributed by atoms with Crippen molar-refractivity contribution in [2.24, 2.45) is 5.92 Å². The van der Waals surface area contributed by atoms with Gasteiger partial charge in [0.1, 0.15) is 10.5 Å². The minimum Gasteiger partial charge on any atom is -0.293 e. The van der Waals surface area contributed by atoms with Gasteiger partial charge in [0.15, 0.2) is 0 Å². The van der Waals surface area contributed by atoms with Crippen LogP contribution in [0.25, 0.3) is 15.9 Å². The van der Waals surface area contributed by atoms with Crippen LogP contribution in [0.1, 0.15) is 35.0 Å². The fraction of sp³-hybridized carbons (Fsp3) is 0.333. The third-order valence-electron chi connectivity index (χ3n) is 5.49. The lowest BCUT2D eigenvalue weighted by Crippen LogP contribution is -2.24. The van der Waals surface area contributed by atoms with Crippen LogP contribution in [0.4, 0.5) is 0 Å². The monoisotopic (exact) mass is 392 g/mol. The van der Waals surface area contributed by atoms with Crippen molar-refractivity contribution in [3.8, 4) is 0 Å². The quantitative estimate of drug-likeness (QED) is 0.526. The molecule has 4 heterocycles. The Morgan fingerprint density at radius 2 is 2.14 bits per heavy atom. The van der Waals surface area contributed by atoms with Crippen LogP contribution in [0.15, 0.2) is 40.3 Å². The number of hydrogen-bond acceptors (Lipinski definition) is 5. The van der Waals surface area contributed by atoms with Gasteiger partial charge in [0.2, 0.25) is 0 Å². The Bertz CT molecular complexity index is 1350. The molecule has 0 spiro atoms. The van der Waals surface area contributed by atoms with Crippen molar-refractivity contribution in [1.82, 2.24) is 18.9 Å². The molecule has 0 saturated heterocycles. The van der Waals surface area contributed by atoms with Crippen LogP contribution in [0.3, 0.4) is 0 Å². The van der Waals surface area contributed by atoms with Gasteiger partial charge in [0.05, 0.1) is 24.0 Å². The third kappa shape index (κ3) is 2.77. The molecule has 1 aliphatic rings. The van der Waals surface area contributed by atoms with Crippen LogP contribution in [0.2, 0.25) is 0 Å². The number of rotatable bonds is 2. The predicted molar refractivity (Wildman–Crippen MR) is 110 cm³/mol. The van der Waals surface area contributed by atoms with Gasteiger partial charge in [-0.05, 0) is 55.4 Å². The molecule has 6 nitrogen and oxygen atoms in total. The van der Waals surface area contributed by atoms with E-state index in [0.29, 0.717) is 17.3 Å². The van der Waals surface area contributed by atoms with Crippen LogP contribution in [-0.4, -0.2) is 18.9 Å². The van der Waals surface area contributed by atoms with Crippen molar-refractivity contribution in [2.75, 3.05) is 0 Å². The van der Waals surface area contributed by atoms with Gasteiger partial charge in [-0.25, -0.2) is 9.97 Å². The summed E-state index contributed by atoms with van der Waals surface area (Å²) >= 11 is 1.65. The molecule has 4 aromatic heterocycles. The second kappa shape index (κ2) is 6.38. The first kappa shape index (κ1) is 17.3. The molecule has 1 aliphatic carbocycles. The molecular formula is C21H20N4O2S. The summed E-state index contributed by atoms with van der Waals surface area (Å²) < 4.78 is 3.08. The van der Waals surface area contributed by atoms with Gasteiger partial charge in [-0.15, -0.1) is 11.3 Å². The summed E-state index contributed by atoms with van der Waals surface area (Å²) in [5.41, 5.74) is 3.17. The Morgan fingerprint density at radius 3 is 3.00 bits per heavy atom. The fourth-order valence-electron chi connectivity index (χ4n) is 3.99. The lowest BCUT2D eigenvalue weighted by Gasteiger charge is -2.17. The van der Waals surface area contributed by atoms with Gasteiger partial charge >= 0.3 is 0 Å². The average molecular weight is 392 g/mol. The van der Waals surface area contributed by atoms with Crippen molar-refractivity contribution < 1.29 is 0 Å². The van der Waals surface area contributed by atoms with E-state index in [1.165, 1.54) is 20.9 Å². The lowest BCUT2D eigenvalue weighted by molar-refractivity contribution is 0.509. The van der Waals surface area contributed by atoms with Gasteiger partial charge in [-0.3, -0.25) is 18.6 Å². The molecule has 142 valence electrons. The molecule has 4 aromatic rings. The number of nitrogens with zero attached hydrogens (tertiary/aromatic N) is 4. The van der Waals surface area contributed by atoms with Gasteiger partial charge in [-0.2, -0.15) is 0 Å². The average Bonchev–Trinajstić information content (AvgIpc) is 3.02. The fourth-order valence-corrected chi connectivity index (χ4v) is 5.33. The highest BCUT2D eigenvalue weighted by atomic mass is 32.1. The number of aryl methyl sites for hydroxylation is 2. The van der Waals surface area contributed by atoms with Gasteiger partial charge in [-0.1, -0.05) is 6.92 Å². The molecule has 0 saturated carbocycles. The van der Waals surface area contributed by atoms with Gasteiger partial charge < -0.3 is 0 Å². The summed E-state index contributed by atoms with van der Waals surface area (Å²) in [5.74, 6) is 0.654. The largest absolute Gasteiger partial charge is 0.293 e. The molecular weight excluding hydrogens is 372 g/mol. The van der Waals surface area contributed by atoms with E-state index in [9.17, 15) is 9.59 Å². The van der Waals surface area contributed by atoms with E-state index in [-0.39, 0.29) is 17.7 Å². The van der Waals surface area contributed by atoms with Crippen LogP contribution in [0.5, 0.6) is 0 Å². The topological polar surface area (TPSA) is 69.3 Å². The molecule has 0 N–H and O–H groups in total. The highest BCUT2D eigenvalue weighted by Crippen LogP contribution is 2.35. The van der Waals surface area contributed by atoms with Crippen molar-refractivity contribution in [3.05, 3.63) is 73.1 Å². The van der Waals surface area contributed by atoms with Gasteiger partial charge in [0, 0.05) is 17.1 Å². The molecule has 0 fully saturated rings. The summed E-state index contributed by atoms with van der Waals surface area (Å²) in [4.78, 5) is 36.8. The predicted octanol–water partition coefficient (Wildman–Crippen LogP) is 2.95. The molecule has 0 aliphatic heterocycles. The van der Waals surface area contributed by atoms with Gasteiger partial charge in [0.25, 0.3) is 11.1 Å². The highest BCUT2D eigenvalue weighted by Gasteiger charge is 2.23. The van der Waals surface area contributed by atoms with E-state index in [1.54, 1.807) is 28.4 Å². The maximum absolute atomic E-state index is 13.2. The Morgan fingerprint density at radius 1 is 1.29 bits per heavy atom. The number of pyridine rings is 1. The van der Waals surface area contributed by atoms with E-state index < -0.39 is 0 Å². The van der Waals surface area contributed by atoms with Crippen molar-refractivity contribution >= 4 is 27.2 Å². The summed E-state index contributed by atoms with van der Waals surface area (Å²) in [6.07, 6.45) is 6.37. The lowest BCUT2D eigenvalue weighted by atomic mass is 9.89. The molecule has 5 rings (SSSR count). The number of hydrogen-bond donors (Lipinski definition) is 0. The zero-order valence-corrected chi connectivity index (χ0v) is 16.6. The van der Waals surface area contributed by atoms with Crippen LogP contribution < -0.4 is 11.1 Å². The molecule has 7 heteroatoms. The molecule has 0 radical (unpaired) electrons. The van der Waals surface area contributed by atoms with Crippen LogP contribution in [0, 0.1) is 12.8 Å². The van der Waals surface area contributed by atoms with E-state index in [0.717, 1.165) is 35.0 Å². The zero-order valence-electron chi connectivity index (χ0n) is 15.8. The van der Waals surface area contributed by atoms with Crippen LogP contribution in [-0.2, 0) is 19.4 Å². The second-order valence-electron chi connectivity index (χ2n) is 7.73. The first-order chi connectivity index (χ1) is 13.5. The van der Waals surface area contributed by atoms with Crippen molar-refractivity contribution in [1.29, 1.82) is 0 Å². The molecule has 1 atom stereocenters. The number of thiophene rings is 1. The summed E-state index contributed by atoms with van der Waals surface area (Å²) in [6.45, 7) is 4.45. The second-order valence-corrected chi connectivity index (χ2v) is 8.81. The minimum absolute atomic E-state index is 0.0386. The maximum atomic E-state index is 13.2. The SMILES string of the molecule is Cc1ccn2c(=O)cc(Cn3cnc4sc5c(c4c3=O)CCC(C)C5)nc2c1. The molecule has 0 aromatic carbocycles. The third-order valence-corrected chi connectivity index (χ3v) is 6.65. The van der Waals surface area contributed by atoms with E-state index >= 15 is 0 Å². The first-order valence-electron chi connectivity index (χ1n) is 9.48. The summed E-state index contributed by atoms with van der Waals surface area (Å²) in [7, 11) is 0. The molecule has 28 heavy (non-hydrogen) atoms. The maximum Gasteiger partial charge on any atom is 0.262 e. The zero-order chi connectivity index (χ0) is 19.4. The van der Waals surface area contributed by atoms with Crippen molar-refractivity contribution in [2.45, 2.75) is 39.7 Å². The summed E-state index contributed by atoms with van der Waals surface area (Å²) in [6, 6.07) is 5.23. The minimum atomic E-state index is -0.149. The summed E-state index contributed by atoms with van der Waals surface area (Å²) in [5, 5.41) is 0.753. The Labute approximate surface area is 165 Å². The first-order valence-corrected chi connectivity index (χ1v) is 10.3. The van der Waals surface area contributed by atoms with E-state index in [1.807, 2.05) is 19.1 Å². The Hall–Kier alpha value is -2.80. The molecule has 1 unspecified atom stereocenters. The highest BCUT2D eigenvalue weighted by molar-refractivity contribution is 7.18. The van der Waals surface area contributed by atoms with E-state index in [2.05, 4.69) is 16.9 Å². The standard InChI is InChI=1S/C21H20N4O2S/c1-12-3-4-15-16(7-12)28-20-19(15)21(27)24(11-22-20)10-14-9-18(26)25-6-5-13(2)8-17(25)23-14/h5-6,8-9,11-12H,3-4,7,10H2,1-2H3. The Kier molecular flexibility index (Phi) is 3.94. The van der Waals surface area contributed by atoms with E-state index in [4.69, 9.17) is 0 Å².